The third-order valence-corrected chi connectivity index (χ3v) is 5.18. The largest absolute Gasteiger partial charge is 0.0805 e. The van der Waals surface area contributed by atoms with Gasteiger partial charge in [-0.25, -0.2) is 0 Å². The van der Waals surface area contributed by atoms with Gasteiger partial charge in [0.2, 0.25) is 0 Å². The maximum atomic E-state index is 2.47. The van der Waals surface area contributed by atoms with E-state index in [9.17, 15) is 0 Å². The zero-order valence-corrected chi connectivity index (χ0v) is 9.63. The lowest BCUT2D eigenvalue weighted by atomic mass is 10.1. The van der Waals surface area contributed by atoms with Crippen LogP contribution in [0.5, 0.6) is 0 Å². The first-order valence-electron chi connectivity index (χ1n) is 5.36. The van der Waals surface area contributed by atoms with E-state index in [1.54, 1.807) is 5.31 Å². The van der Waals surface area contributed by atoms with E-state index in [1.807, 2.05) is 0 Å². The van der Waals surface area contributed by atoms with Crippen LogP contribution in [0.4, 0.5) is 0 Å². The van der Waals surface area contributed by atoms with E-state index in [2.05, 4.69) is 43.1 Å². The molecule has 0 bridgehead atoms. The van der Waals surface area contributed by atoms with Crippen molar-refractivity contribution in [1.82, 2.24) is 0 Å². The number of allylic oxidation sites excluding steroid dienone is 2. The van der Waals surface area contributed by atoms with Crippen LogP contribution < -0.4 is 5.30 Å². The van der Waals surface area contributed by atoms with Gasteiger partial charge in [-0.2, -0.15) is 0 Å². The molecule has 0 aliphatic heterocycles. The summed E-state index contributed by atoms with van der Waals surface area (Å²) in [6, 6.07) is 10.9. The molecule has 14 heavy (non-hydrogen) atoms. The topological polar surface area (TPSA) is 0 Å². The summed E-state index contributed by atoms with van der Waals surface area (Å²) < 4.78 is 0. The Morgan fingerprint density at radius 1 is 1.07 bits per heavy atom. The molecule has 0 aromatic heterocycles. The second-order valence-electron chi connectivity index (χ2n) is 3.84. The lowest BCUT2D eigenvalue weighted by Gasteiger charge is -2.20. The molecule has 2 rings (SSSR count). The Kier molecular flexibility index (Phi) is 3.37. The maximum absolute atomic E-state index is 2.47. The van der Waals surface area contributed by atoms with Crippen molar-refractivity contribution in [2.45, 2.75) is 25.7 Å². The van der Waals surface area contributed by atoms with Gasteiger partial charge in [-0.3, -0.25) is 0 Å². The molecule has 0 amide bonds. The molecule has 1 aliphatic carbocycles. The molecule has 0 heterocycles. The lowest BCUT2D eigenvalue weighted by molar-refractivity contribution is 0.722. The fourth-order valence-corrected chi connectivity index (χ4v) is 3.79. The van der Waals surface area contributed by atoms with Crippen molar-refractivity contribution in [3.05, 3.63) is 41.7 Å². The Balaban J connectivity index is 2.15. The number of hydrogen-bond acceptors (Lipinski definition) is 0. The van der Waals surface area contributed by atoms with E-state index in [1.165, 1.54) is 31.0 Å². The molecule has 74 valence electrons. The quantitative estimate of drug-likeness (QED) is 0.641. The van der Waals surface area contributed by atoms with Crippen LogP contribution in [0.1, 0.15) is 25.7 Å². The van der Waals surface area contributed by atoms with Crippen molar-refractivity contribution < 1.29 is 0 Å². The third-order valence-electron chi connectivity index (χ3n) is 2.84. The third kappa shape index (κ3) is 2.25. The van der Waals surface area contributed by atoms with Crippen LogP contribution in [0.3, 0.4) is 0 Å². The first-order valence-corrected chi connectivity index (χ1v) is 7.14. The van der Waals surface area contributed by atoms with Crippen molar-refractivity contribution in [2.24, 2.45) is 0 Å². The number of rotatable bonds is 2. The van der Waals surface area contributed by atoms with Crippen LogP contribution in [0.2, 0.25) is 0 Å². The van der Waals surface area contributed by atoms with Gasteiger partial charge < -0.3 is 0 Å². The molecule has 1 aromatic carbocycles. The molecule has 0 N–H and O–H groups in total. The van der Waals surface area contributed by atoms with Gasteiger partial charge in [0.1, 0.15) is 0 Å². The van der Waals surface area contributed by atoms with Gasteiger partial charge in [0.15, 0.2) is 0 Å². The van der Waals surface area contributed by atoms with E-state index in [4.69, 9.17) is 0 Å². The highest BCUT2D eigenvalue weighted by atomic mass is 31.1. The van der Waals surface area contributed by atoms with E-state index in [0.717, 1.165) is 0 Å². The molecule has 0 radical (unpaired) electrons. The first-order chi connectivity index (χ1) is 6.88. The van der Waals surface area contributed by atoms with Gasteiger partial charge in [-0.15, -0.1) is 0 Å². The second kappa shape index (κ2) is 4.75. The fourth-order valence-electron chi connectivity index (χ4n) is 1.94. The lowest BCUT2D eigenvalue weighted by Crippen LogP contribution is -2.02. The SMILES string of the molecule is CP(C1=CCCCC1)c1ccccc1. The van der Waals surface area contributed by atoms with Crippen LogP contribution in [0.15, 0.2) is 41.7 Å². The average molecular weight is 204 g/mol. The minimum absolute atomic E-state index is 0.0327. The van der Waals surface area contributed by atoms with Crippen molar-refractivity contribution in [3.63, 3.8) is 0 Å². The average Bonchev–Trinajstić information content (AvgIpc) is 2.30. The molecular weight excluding hydrogens is 187 g/mol. The van der Waals surface area contributed by atoms with Gasteiger partial charge in [-0.05, 0) is 43.0 Å². The second-order valence-corrected chi connectivity index (χ2v) is 6.04. The number of hydrogen-bond donors (Lipinski definition) is 0. The minimum Gasteiger partial charge on any atom is -0.0805 e. The Morgan fingerprint density at radius 2 is 1.86 bits per heavy atom. The monoisotopic (exact) mass is 204 g/mol. The minimum atomic E-state index is -0.0327. The van der Waals surface area contributed by atoms with Crippen LogP contribution in [-0.2, 0) is 0 Å². The molecule has 0 fully saturated rings. The highest BCUT2D eigenvalue weighted by molar-refractivity contribution is 7.68. The summed E-state index contributed by atoms with van der Waals surface area (Å²) in [6.07, 6.45) is 7.89. The molecular formula is C13H17P. The Bertz CT molecular complexity index is 313. The van der Waals surface area contributed by atoms with E-state index in [0.29, 0.717) is 0 Å². The summed E-state index contributed by atoms with van der Waals surface area (Å²) in [5, 5.41) is 3.23. The predicted molar refractivity (Wildman–Crippen MR) is 65.5 cm³/mol. The van der Waals surface area contributed by atoms with Gasteiger partial charge in [0, 0.05) is 0 Å². The first kappa shape index (κ1) is 9.93. The van der Waals surface area contributed by atoms with E-state index in [-0.39, 0.29) is 7.92 Å². The summed E-state index contributed by atoms with van der Waals surface area (Å²) in [5.41, 5.74) is 0. The molecule has 1 heteroatoms. The summed E-state index contributed by atoms with van der Waals surface area (Å²) in [5.74, 6) is 0. The van der Waals surface area contributed by atoms with Gasteiger partial charge >= 0.3 is 0 Å². The normalized spacial score (nSPS) is 18.8. The van der Waals surface area contributed by atoms with Gasteiger partial charge in [0.05, 0.1) is 0 Å². The highest BCUT2D eigenvalue weighted by Crippen LogP contribution is 2.44. The van der Waals surface area contributed by atoms with Crippen molar-refractivity contribution in [1.29, 1.82) is 0 Å². The summed E-state index contributed by atoms with van der Waals surface area (Å²) >= 11 is 0. The zero-order chi connectivity index (χ0) is 9.80. The maximum Gasteiger partial charge on any atom is -0.0201 e. The molecule has 0 saturated carbocycles. The molecule has 1 aromatic rings. The molecule has 0 nitrogen and oxygen atoms in total. The van der Waals surface area contributed by atoms with E-state index >= 15 is 0 Å². The Hall–Kier alpha value is -0.610. The zero-order valence-electron chi connectivity index (χ0n) is 8.74. The van der Waals surface area contributed by atoms with Gasteiger partial charge in [0.25, 0.3) is 0 Å². The van der Waals surface area contributed by atoms with Crippen molar-refractivity contribution in [2.75, 3.05) is 6.66 Å². The molecule has 0 saturated heterocycles. The van der Waals surface area contributed by atoms with Crippen molar-refractivity contribution >= 4 is 13.2 Å². The predicted octanol–water partition coefficient (Wildman–Crippen LogP) is 3.88. The molecule has 1 aliphatic rings. The van der Waals surface area contributed by atoms with Crippen molar-refractivity contribution in [3.8, 4) is 0 Å². The van der Waals surface area contributed by atoms with E-state index < -0.39 is 0 Å². The van der Waals surface area contributed by atoms with Crippen LogP contribution in [0, 0.1) is 0 Å². The summed E-state index contributed by atoms with van der Waals surface area (Å²) in [7, 11) is -0.0327. The fraction of sp³-hybridized carbons (Fsp3) is 0.385. The summed E-state index contributed by atoms with van der Waals surface area (Å²) in [6.45, 7) is 2.39. The Morgan fingerprint density at radius 3 is 2.50 bits per heavy atom. The molecule has 0 spiro atoms. The van der Waals surface area contributed by atoms with Gasteiger partial charge in [-0.1, -0.05) is 44.3 Å². The summed E-state index contributed by atoms with van der Waals surface area (Å²) in [4.78, 5) is 0. The van der Waals surface area contributed by atoms with Crippen LogP contribution in [-0.4, -0.2) is 6.66 Å². The Labute approximate surface area is 87.8 Å². The van der Waals surface area contributed by atoms with Crippen LogP contribution in [0.25, 0.3) is 0 Å². The molecule has 1 unspecified atom stereocenters. The highest BCUT2D eigenvalue weighted by Gasteiger charge is 2.12. The standard InChI is InChI=1S/C13H17P/c1-14(12-8-4-2-5-9-12)13-10-6-3-7-11-13/h2,4-5,8-10H,3,6-7,11H2,1H3. The van der Waals surface area contributed by atoms with Crippen LogP contribution >= 0.6 is 7.92 Å². The molecule has 1 atom stereocenters. The number of benzene rings is 1. The smallest absolute Gasteiger partial charge is 0.0201 e.